The Morgan fingerprint density at radius 3 is 0.870 bits per heavy atom. The van der Waals surface area contributed by atoms with E-state index >= 15 is 0 Å². The van der Waals surface area contributed by atoms with Gasteiger partial charge in [-0.15, -0.1) is 25.4 Å². The van der Waals surface area contributed by atoms with E-state index in [1.54, 1.807) is 0 Å². The average molecular weight is 499 g/mol. The van der Waals surface area contributed by atoms with Crippen LogP contribution in [0, 0.1) is 23.0 Å². The summed E-state index contributed by atoms with van der Waals surface area (Å²) in [6.45, 7) is 21.8. The van der Waals surface area contributed by atoms with Gasteiger partial charge in [0, 0.05) is 32.2 Å². The summed E-state index contributed by atoms with van der Waals surface area (Å²) < 4.78 is 0. The number of allylic oxidation sites excluding steroid dienone is 8. The van der Waals surface area contributed by atoms with Crippen LogP contribution < -0.4 is 0 Å². The maximum absolute atomic E-state index is 4.64. The Labute approximate surface area is 168 Å². The molecule has 0 aromatic heterocycles. The summed E-state index contributed by atoms with van der Waals surface area (Å²) in [5.74, 6) is 0. The van der Waals surface area contributed by atoms with Crippen LogP contribution in [-0.2, 0) is 25.8 Å². The smallest absolute Gasteiger partial charge is 0.0108 e. The molecule has 0 saturated heterocycles. The third kappa shape index (κ3) is 6.16. The molecule has 0 atom stereocenters. The average Bonchev–Trinajstić information content (AvgIpc) is 2.72. The van der Waals surface area contributed by atoms with Crippen molar-refractivity contribution in [3.8, 4) is 0 Å². The van der Waals surface area contributed by atoms with E-state index in [-0.39, 0.29) is 36.7 Å². The normalized spacial score (nSPS) is 20.7. The minimum absolute atomic E-state index is 0. The van der Waals surface area contributed by atoms with Gasteiger partial charge in [0.05, 0.1) is 0 Å². The zero-order valence-corrected chi connectivity index (χ0v) is 21.2. The van der Waals surface area contributed by atoms with Crippen molar-refractivity contribution in [2.24, 2.45) is 10.8 Å². The minimum atomic E-state index is 0. The first-order valence-corrected chi connectivity index (χ1v) is 8.63. The molecule has 0 N–H and O–H groups in total. The second-order valence-electron chi connectivity index (χ2n) is 7.25. The molecule has 0 nitrogen and oxygen atoms in total. The Bertz CT molecular complexity index is 490. The van der Waals surface area contributed by atoms with Gasteiger partial charge >= 0.3 is 0 Å². The van der Waals surface area contributed by atoms with Crippen molar-refractivity contribution >= 4 is 11.6 Å². The van der Waals surface area contributed by atoms with E-state index in [9.17, 15) is 0 Å². The third-order valence-corrected chi connectivity index (χ3v) is 5.12. The van der Waals surface area contributed by atoms with Crippen LogP contribution in [0.15, 0.2) is 33.4 Å². The van der Waals surface area contributed by atoms with Crippen molar-refractivity contribution in [2.75, 3.05) is 6.38 Å². The summed E-state index contributed by atoms with van der Waals surface area (Å²) in [5, 5.41) is 0. The molecule has 0 fully saturated rings. The van der Waals surface area contributed by atoms with Gasteiger partial charge in [0.25, 0.3) is 0 Å². The van der Waals surface area contributed by atoms with Gasteiger partial charge in [0.1, 0.15) is 0 Å². The molecule has 0 saturated carbocycles. The Morgan fingerprint density at radius 1 is 0.609 bits per heavy atom. The monoisotopic (exact) mass is 500 g/mol. The quantitative estimate of drug-likeness (QED) is 0.190. The summed E-state index contributed by atoms with van der Waals surface area (Å²) in [5.41, 5.74) is 8.79. The molecule has 2 aliphatic carbocycles. The number of alkyl halides is 1. The maximum Gasteiger partial charge on any atom is 0.0108 e. The molecule has 2 rings (SSSR count). The molecule has 0 heterocycles. The number of hydrogen-bond donors (Lipinski definition) is 0. The van der Waals surface area contributed by atoms with E-state index < -0.39 is 0 Å². The van der Waals surface area contributed by atoms with Crippen LogP contribution in [0.25, 0.3) is 0 Å². The van der Waals surface area contributed by atoms with Gasteiger partial charge in [-0.2, -0.15) is 22.3 Å². The van der Waals surface area contributed by atoms with Gasteiger partial charge in [-0.05, 0) is 0 Å². The van der Waals surface area contributed by atoms with Crippen LogP contribution in [0.3, 0.4) is 0 Å². The summed E-state index contributed by atoms with van der Waals surface area (Å²) in [6, 6.07) is 0. The molecule has 0 spiro atoms. The first-order chi connectivity index (χ1) is 9.90. The van der Waals surface area contributed by atoms with E-state index in [1.807, 2.05) is 0 Å². The molecular formula is C21H33ClHf-2. The number of rotatable bonds is 0. The second kappa shape index (κ2) is 9.56. The zero-order valence-electron chi connectivity index (χ0n) is 16.9. The molecule has 0 bridgehead atoms. The fraction of sp³-hybridized carbons (Fsp3) is 0.619. The molecule has 0 unspecified atom stereocenters. The topological polar surface area (TPSA) is 0 Å². The standard InChI is InChI=1S/2C10H15.CH3Cl.Hf/c2*1-7-6-10(4,5)9(3)8(7)2;1-2;/h2*1-5H3;1H3;/q2*-1;;. The van der Waals surface area contributed by atoms with Gasteiger partial charge in [0.2, 0.25) is 0 Å². The molecule has 0 aliphatic heterocycles. The minimum Gasteiger partial charge on any atom is -0.263 e. The summed E-state index contributed by atoms with van der Waals surface area (Å²) >= 11 is 4.64. The first kappa shape index (κ1) is 25.4. The van der Waals surface area contributed by atoms with Gasteiger partial charge in [-0.25, -0.2) is 11.1 Å². The largest absolute Gasteiger partial charge is 0.263 e. The van der Waals surface area contributed by atoms with Crippen molar-refractivity contribution in [3.05, 3.63) is 45.6 Å². The molecular weight excluding hydrogens is 466 g/mol. The van der Waals surface area contributed by atoms with E-state index in [2.05, 4.69) is 93.0 Å². The van der Waals surface area contributed by atoms with Crippen LogP contribution >= 0.6 is 11.6 Å². The molecule has 2 heteroatoms. The first-order valence-electron chi connectivity index (χ1n) is 7.88. The van der Waals surface area contributed by atoms with Crippen molar-refractivity contribution < 1.29 is 25.8 Å². The van der Waals surface area contributed by atoms with Crippen molar-refractivity contribution in [3.63, 3.8) is 0 Å². The van der Waals surface area contributed by atoms with Crippen LogP contribution in [0.5, 0.6) is 0 Å². The zero-order chi connectivity index (χ0) is 17.9. The van der Waals surface area contributed by atoms with E-state index in [4.69, 9.17) is 0 Å². The molecule has 0 amide bonds. The molecule has 23 heavy (non-hydrogen) atoms. The Kier molecular flexibility index (Phi) is 10.5. The summed E-state index contributed by atoms with van der Waals surface area (Å²) in [6.07, 6.45) is 8.34. The number of hydrogen-bond acceptors (Lipinski definition) is 0. The molecule has 0 aromatic rings. The van der Waals surface area contributed by atoms with Gasteiger partial charge in [0.15, 0.2) is 0 Å². The van der Waals surface area contributed by atoms with Gasteiger partial charge < -0.3 is 0 Å². The van der Waals surface area contributed by atoms with Crippen LogP contribution in [0.1, 0.15) is 69.2 Å². The Hall–Kier alpha value is 0.120. The van der Waals surface area contributed by atoms with E-state index in [0.29, 0.717) is 0 Å². The van der Waals surface area contributed by atoms with E-state index in [1.165, 1.54) is 39.8 Å². The Balaban J connectivity index is 0. The molecule has 0 aromatic carbocycles. The van der Waals surface area contributed by atoms with Crippen molar-refractivity contribution in [2.45, 2.75) is 69.2 Å². The van der Waals surface area contributed by atoms with Crippen molar-refractivity contribution in [1.82, 2.24) is 0 Å². The van der Waals surface area contributed by atoms with Gasteiger partial charge in [-0.1, -0.05) is 66.2 Å². The van der Waals surface area contributed by atoms with Crippen LogP contribution in [0.2, 0.25) is 0 Å². The number of halogens is 1. The fourth-order valence-electron chi connectivity index (χ4n) is 2.81. The predicted octanol–water partition coefficient (Wildman–Crippen LogP) is 7.08. The molecule has 0 radical (unpaired) electrons. The summed E-state index contributed by atoms with van der Waals surface area (Å²) in [7, 11) is 0. The van der Waals surface area contributed by atoms with Gasteiger partial charge in [-0.3, -0.25) is 12.2 Å². The second-order valence-corrected chi connectivity index (χ2v) is 7.25. The van der Waals surface area contributed by atoms with E-state index in [0.717, 1.165) is 0 Å². The SMILES string of the molecule is CC1=[C-]C(C)(C)C(C)=C1C.CC1=[C-]C(C)(C)C(C)=C1C.CCl.[Hf]. The third-order valence-electron chi connectivity index (χ3n) is 5.12. The maximum atomic E-state index is 4.64. The van der Waals surface area contributed by atoms with Crippen LogP contribution in [0.4, 0.5) is 0 Å². The fourth-order valence-corrected chi connectivity index (χ4v) is 2.81. The van der Waals surface area contributed by atoms with Crippen molar-refractivity contribution in [1.29, 1.82) is 0 Å². The predicted molar refractivity (Wildman–Crippen MR) is 101 cm³/mol. The van der Waals surface area contributed by atoms with Crippen LogP contribution in [-0.4, -0.2) is 6.38 Å². The molecule has 2 aliphatic rings. The summed E-state index contributed by atoms with van der Waals surface area (Å²) in [4.78, 5) is 0. The Morgan fingerprint density at radius 2 is 0.826 bits per heavy atom. The molecule has 130 valence electrons.